The molecule has 2 heteroatoms. The summed E-state index contributed by atoms with van der Waals surface area (Å²) >= 11 is 0. The third kappa shape index (κ3) is 5.24. The van der Waals surface area contributed by atoms with Crippen molar-refractivity contribution in [3.8, 4) is 28.2 Å². The van der Waals surface area contributed by atoms with Gasteiger partial charge in [-0.15, -0.1) is 0 Å². The number of para-hydroxylation sites is 3. The van der Waals surface area contributed by atoms with E-state index in [0.717, 1.165) is 39.9 Å². The van der Waals surface area contributed by atoms with Crippen LogP contribution in [0.5, 0.6) is 0 Å². The summed E-state index contributed by atoms with van der Waals surface area (Å²) in [5, 5.41) is 7.34. The molecular formula is C53H34N2. The third-order valence-electron chi connectivity index (χ3n) is 11.4. The predicted molar refractivity (Wildman–Crippen MR) is 227 cm³/mol. The van der Waals surface area contributed by atoms with E-state index in [1.807, 2.05) is 6.07 Å². The maximum Gasteiger partial charge on any atom is 0.145 e. The SMILES string of the molecule is c1ccc2cc(C3=c4ccc(-c5ccc(-c6nc7ccccc7n6-c6ccccc6)cc5)cc4=C(c4ccc5ccccc5c4)C4=CC=CCC43)ccc2c#1. The lowest BCUT2D eigenvalue weighted by molar-refractivity contribution is 0.798. The van der Waals surface area contributed by atoms with Crippen LogP contribution in [0.25, 0.3) is 71.9 Å². The summed E-state index contributed by atoms with van der Waals surface area (Å²) in [4.78, 5) is 5.12. The molecule has 55 heavy (non-hydrogen) atoms. The van der Waals surface area contributed by atoms with Crippen LogP contribution in [0.2, 0.25) is 0 Å². The van der Waals surface area contributed by atoms with Crippen LogP contribution in [0.4, 0.5) is 0 Å². The van der Waals surface area contributed by atoms with Crippen molar-refractivity contribution in [3.05, 3.63) is 227 Å². The van der Waals surface area contributed by atoms with Crippen molar-refractivity contribution in [2.24, 2.45) is 5.92 Å². The Bertz CT molecular complexity index is 3160. The second kappa shape index (κ2) is 12.7. The summed E-state index contributed by atoms with van der Waals surface area (Å²) in [6.07, 6.45) is 7.88. The predicted octanol–water partition coefficient (Wildman–Crippen LogP) is 11.2. The molecule has 1 aromatic heterocycles. The number of rotatable bonds is 5. The van der Waals surface area contributed by atoms with Crippen molar-refractivity contribution < 1.29 is 0 Å². The molecule has 0 aliphatic heterocycles. The van der Waals surface area contributed by atoms with E-state index in [-0.39, 0.29) is 5.92 Å². The van der Waals surface area contributed by atoms with Gasteiger partial charge in [0.25, 0.3) is 0 Å². The summed E-state index contributed by atoms with van der Waals surface area (Å²) in [5.74, 6) is 1.18. The van der Waals surface area contributed by atoms with E-state index in [0.29, 0.717) is 0 Å². The Morgan fingerprint density at radius 3 is 2.22 bits per heavy atom. The number of allylic oxidation sites excluding steroid dienone is 4. The van der Waals surface area contributed by atoms with Gasteiger partial charge in [-0.2, -0.15) is 0 Å². The minimum atomic E-state index is 0.240. The molecule has 1 heterocycles. The summed E-state index contributed by atoms with van der Waals surface area (Å²) in [5.41, 5.74) is 13.2. The van der Waals surface area contributed by atoms with E-state index in [1.165, 1.54) is 65.6 Å². The maximum atomic E-state index is 5.12. The quantitative estimate of drug-likeness (QED) is 0.175. The van der Waals surface area contributed by atoms with Crippen molar-refractivity contribution in [1.29, 1.82) is 0 Å². The number of hydrogen-bond acceptors (Lipinski definition) is 1. The van der Waals surface area contributed by atoms with Crippen LogP contribution in [0, 0.1) is 18.1 Å². The van der Waals surface area contributed by atoms with E-state index in [4.69, 9.17) is 4.98 Å². The van der Waals surface area contributed by atoms with E-state index in [1.54, 1.807) is 0 Å². The van der Waals surface area contributed by atoms with Crippen molar-refractivity contribution in [3.63, 3.8) is 0 Å². The van der Waals surface area contributed by atoms with Crippen molar-refractivity contribution in [1.82, 2.24) is 9.55 Å². The molecule has 2 nitrogen and oxygen atoms in total. The first-order chi connectivity index (χ1) is 27.3. The lowest BCUT2D eigenvalue weighted by Gasteiger charge is -2.31. The Balaban J connectivity index is 1.13. The van der Waals surface area contributed by atoms with Gasteiger partial charge >= 0.3 is 0 Å². The number of imidazole rings is 1. The largest absolute Gasteiger partial charge is 0.292 e. The normalized spacial score (nSPS) is 14.8. The zero-order chi connectivity index (χ0) is 36.3. The molecule has 0 amide bonds. The Hall–Kier alpha value is -7.21. The molecule has 8 aromatic carbocycles. The second-order valence-electron chi connectivity index (χ2n) is 14.5. The monoisotopic (exact) mass is 698 g/mol. The average Bonchev–Trinajstić information content (AvgIpc) is 3.65. The Morgan fingerprint density at radius 1 is 0.564 bits per heavy atom. The van der Waals surface area contributed by atoms with Crippen LogP contribution in [0.1, 0.15) is 17.5 Å². The topological polar surface area (TPSA) is 17.8 Å². The highest BCUT2D eigenvalue weighted by molar-refractivity contribution is 5.95. The van der Waals surface area contributed by atoms with Gasteiger partial charge in [-0.1, -0.05) is 140 Å². The molecule has 256 valence electrons. The van der Waals surface area contributed by atoms with Crippen LogP contribution in [0.15, 0.2) is 194 Å². The van der Waals surface area contributed by atoms with Crippen molar-refractivity contribution in [2.45, 2.75) is 6.42 Å². The van der Waals surface area contributed by atoms with Gasteiger partial charge in [0.1, 0.15) is 5.82 Å². The van der Waals surface area contributed by atoms with Crippen LogP contribution in [0.3, 0.4) is 0 Å². The molecule has 11 rings (SSSR count). The van der Waals surface area contributed by atoms with E-state index in [2.05, 4.69) is 199 Å². The average molecular weight is 699 g/mol. The highest BCUT2D eigenvalue weighted by Gasteiger charge is 2.29. The lowest BCUT2D eigenvalue weighted by atomic mass is 9.72. The second-order valence-corrected chi connectivity index (χ2v) is 14.5. The number of fused-ring (bicyclic) bond motifs is 5. The van der Waals surface area contributed by atoms with E-state index >= 15 is 0 Å². The molecule has 1 atom stereocenters. The molecule has 0 N–H and O–H groups in total. The van der Waals surface area contributed by atoms with Crippen molar-refractivity contribution in [2.75, 3.05) is 0 Å². The first-order valence-electron chi connectivity index (χ1n) is 19.0. The molecule has 1 unspecified atom stereocenters. The summed E-state index contributed by atoms with van der Waals surface area (Å²) in [6.45, 7) is 0. The Kier molecular flexibility index (Phi) is 7.25. The van der Waals surface area contributed by atoms with Gasteiger partial charge < -0.3 is 0 Å². The zero-order valence-electron chi connectivity index (χ0n) is 30.1. The van der Waals surface area contributed by atoms with Gasteiger partial charge in [-0.05, 0) is 133 Å². The lowest BCUT2D eigenvalue weighted by Crippen LogP contribution is -2.38. The van der Waals surface area contributed by atoms with Gasteiger partial charge in [0.2, 0.25) is 0 Å². The third-order valence-corrected chi connectivity index (χ3v) is 11.4. The van der Waals surface area contributed by atoms with Crippen LogP contribution >= 0.6 is 0 Å². The first-order valence-corrected chi connectivity index (χ1v) is 19.0. The van der Waals surface area contributed by atoms with Crippen molar-refractivity contribution >= 4 is 43.7 Å². The van der Waals surface area contributed by atoms with Crippen LogP contribution in [-0.2, 0) is 0 Å². The van der Waals surface area contributed by atoms with Gasteiger partial charge in [0.15, 0.2) is 0 Å². The Morgan fingerprint density at radius 2 is 1.31 bits per heavy atom. The number of aromatic nitrogens is 2. The van der Waals surface area contributed by atoms with E-state index < -0.39 is 0 Å². The smallest absolute Gasteiger partial charge is 0.145 e. The highest BCUT2D eigenvalue weighted by Crippen LogP contribution is 2.41. The fourth-order valence-corrected chi connectivity index (χ4v) is 8.80. The summed E-state index contributed by atoms with van der Waals surface area (Å²) in [6, 6.07) is 67.9. The molecule has 2 aliphatic carbocycles. The minimum Gasteiger partial charge on any atom is -0.292 e. The molecular weight excluding hydrogens is 665 g/mol. The number of benzene rings is 7. The Labute approximate surface area is 320 Å². The maximum absolute atomic E-state index is 5.12. The van der Waals surface area contributed by atoms with Gasteiger partial charge in [0, 0.05) is 22.6 Å². The van der Waals surface area contributed by atoms with Gasteiger partial charge in [0.05, 0.1) is 11.0 Å². The minimum absolute atomic E-state index is 0.240. The molecule has 9 aromatic rings. The fourth-order valence-electron chi connectivity index (χ4n) is 8.80. The first kappa shape index (κ1) is 31.3. The number of nitrogens with zero attached hydrogens (tertiary/aromatic N) is 2. The molecule has 2 aliphatic rings. The molecule has 0 saturated heterocycles. The standard InChI is InChI=1S/C53H34N2/c1-2-16-44(17-3-1)55-50-21-11-10-20-49(50)54-53(55)38-26-22-37(23-27-38)41-30-31-47-48(34-41)52(43-29-25-36-13-5-7-15-40(36)33-43)46-19-9-8-18-45(46)51(47)42-28-24-35-12-4-6-14-39(35)32-42/h1-3,5-11,13-17,19-34,45H,18H2. The summed E-state index contributed by atoms with van der Waals surface area (Å²) in [7, 11) is 0. The van der Waals surface area contributed by atoms with E-state index in [9.17, 15) is 0 Å². The fraction of sp³-hybridized carbons (Fsp3) is 0.0377. The van der Waals surface area contributed by atoms with Gasteiger partial charge in [-0.25, -0.2) is 4.98 Å². The van der Waals surface area contributed by atoms with Crippen LogP contribution < -0.4 is 10.4 Å². The number of hydrogen-bond donors (Lipinski definition) is 0. The highest BCUT2D eigenvalue weighted by atomic mass is 15.1. The molecule has 0 bridgehead atoms. The van der Waals surface area contributed by atoms with Crippen LogP contribution in [-0.4, -0.2) is 9.55 Å². The van der Waals surface area contributed by atoms with Gasteiger partial charge in [-0.3, -0.25) is 4.57 Å². The molecule has 0 radical (unpaired) electrons. The summed E-state index contributed by atoms with van der Waals surface area (Å²) < 4.78 is 2.26. The molecule has 0 spiro atoms. The zero-order valence-corrected chi connectivity index (χ0v) is 30.1. The molecule has 0 fully saturated rings. The molecule has 0 saturated carbocycles.